The normalized spacial score (nSPS) is 17.5. The molecule has 0 aromatic heterocycles. The van der Waals surface area contributed by atoms with E-state index in [-0.39, 0.29) is 23.7 Å². The highest BCUT2D eigenvalue weighted by atomic mass is 16.4. The second-order valence-corrected chi connectivity index (χ2v) is 7.45. The number of hydrogen-bond acceptors (Lipinski definition) is 4. The number of aryl methyl sites for hydroxylation is 1. The van der Waals surface area contributed by atoms with Crippen LogP contribution in [-0.2, 0) is 16.0 Å². The summed E-state index contributed by atoms with van der Waals surface area (Å²) in [7, 11) is -1.64. The molecule has 0 spiro atoms. The summed E-state index contributed by atoms with van der Waals surface area (Å²) in [6.07, 6.45) is 1.27. The number of hydrogen-bond donors (Lipinski definition) is 3. The van der Waals surface area contributed by atoms with Crippen molar-refractivity contribution in [2.75, 3.05) is 13.1 Å². The summed E-state index contributed by atoms with van der Waals surface area (Å²) < 4.78 is 0. The SMILES string of the molecule is Cc1ccc(C[C@H](NC(=O)CCN2CCC(C)(C)C2=O)B(O)O)cc1. The van der Waals surface area contributed by atoms with Gasteiger partial charge in [0.05, 0.1) is 5.94 Å². The van der Waals surface area contributed by atoms with Crippen molar-refractivity contribution >= 4 is 18.9 Å². The Labute approximate surface area is 149 Å². The highest BCUT2D eigenvalue weighted by Crippen LogP contribution is 2.30. The standard InChI is InChI=1S/C18H27BN2O4/c1-13-4-6-14(7-5-13)12-15(19(24)25)20-16(22)8-10-21-11-9-18(2,3)17(21)23/h4-7,15,24-25H,8-12H2,1-3H3,(H,20,22)/t15-/m0/s1. The monoisotopic (exact) mass is 346 g/mol. The van der Waals surface area contributed by atoms with Crippen LogP contribution in [0.15, 0.2) is 24.3 Å². The number of amides is 2. The van der Waals surface area contributed by atoms with Crippen LogP contribution in [0.3, 0.4) is 0 Å². The van der Waals surface area contributed by atoms with E-state index in [9.17, 15) is 19.6 Å². The van der Waals surface area contributed by atoms with Gasteiger partial charge in [-0.3, -0.25) is 9.59 Å². The highest BCUT2D eigenvalue weighted by molar-refractivity contribution is 6.43. The Balaban J connectivity index is 1.86. The van der Waals surface area contributed by atoms with Crippen molar-refractivity contribution in [2.24, 2.45) is 5.41 Å². The van der Waals surface area contributed by atoms with Crippen LogP contribution >= 0.6 is 0 Å². The van der Waals surface area contributed by atoms with E-state index in [4.69, 9.17) is 0 Å². The van der Waals surface area contributed by atoms with Crippen LogP contribution in [0.25, 0.3) is 0 Å². The van der Waals surface area contributed by atoms with Crippen LogP contribution in [0, 0.1) is 12.3 Å². The Morgan fingerprint density at radius 3 is 2.48 bits per heavy atom. The van der Waals surface area contributed by atoms with E-state index in [2.05, 4.69) is 5.32 Å². The average Bonchev–Trinajstić information content (AvgIpc) is 2.80. The Kier molecular flexibility index (Phi) is 6.24. The molecule has 2 amide bonds. The highest BCUT2D eigenvalue weighted by Gasteiger charge is 2.38. The van der Waals surface area contributed by atoms with Crippen molar-refractivity contribution in [2.45, 2.75) is 46.0 Å². The van der Waals surface area contributed by atoms with Gasteiger partial charge in [0.2, 0.25) is 11.8 Å². The van der Waals surface area contributed by atoms with E-state index in [0.717, 1.165) is 17.5 Å². The van der Waals surface area contributed by atoms with Gasteiger partial charge < -0.3 is 20.3 Å². The maximum Gasteiger partial charge on any atom is 0.475 e. The Morgan fingerprint density at radius 1 is 1.32 bits per heavy atom. The molecule has 0 unspecified atom stereocenters. The molecule has 7 heteroatoms. The summed E-state index contributed by atoms with van der Waals surface area (Å²) in [5.74, 6) is -0.998. The maximum absolute atomic E-state index is 12.2. The number of rotatable bonds is 7. The summed E-state index contributed by atoms with van der Waals surface area (Å²) in [4.78, 5) is 26.0. The third-order valence-electron chi connectivity index (χ3n) is 4.76. The zero-order valence-electron chi connectivity index (χ0n) is 15.2. The summed E-state index contributed by atoms with van der Waals surface area (Å²) in [5, 5.41) is 21.7. The van der Waals surface area contributed by atoms with E-state index in [1.807, 2.05) is 45.0 Å². The summed E-state index contributed by atoms with van der Waals surface area (Å²) >= 11 is 0. The minimum absolute atomic E-state index is 0.0682. The molecule has 1 aliphatic heterocycles. The number of nitrogens with one attached hydrogen (secondary N) is 1. The molecule has 0 radical (unpaired) electrons. The Hall–Kier alpha value is -1.86. The van der Waals surface area contributed by atoms with Gasteiger partial charge in [-0.1, -0.05) is 43.7 Å². The number of carbonyl (C=O) groups excluding carboxylic acids is 2. The van der Waals surface area contributed by atoms with Crippen LogP contribution < -0.4 is 5.32 Å². The van der Waals surface area contributed by atoms with E-state index < -0.39 is 13.1 Å². The van der Waals surface area contributed by atoms with Gasteiger partial charge in [0.25, 0.3) is 0 Å². The predicted molar refractivity (Wildman–Crippen MR) is 96.6 cm³/mol. The zero-order valence-corrected chi connectivity index (χ0v) is 15.2. The first-order valence-corrected chi connectivity index (χ1v) is 8.69. The van der Waals surface area contributed by atoms with Crippen LogP contribution in [0.4, 0.5) is 0 Å². The van der Waals surface area contributed by atoms with E-state index in [1.165, 1.54) is 0 Å². The minimum Gasteiger partial charge on any atom is -0.426 e. The van der Waals surface area contributed by atoms with Crippen molar-refractivity contribution in [1.29, 1.82) is 0 Å². The first kappa shape index (κ1) is 19.5. The molecule has 0 saturated carbocycles. The van der Waals surface area contributed by atoms with Crippen LogP contribution in [0.1, 0.15) is 37.8 Å². The molecule has 1 fully saturated rings. The fourth-order valence-corrected chi connectivity index (χ4v) is 2.99. The first-order chi connectivity index (χ1) is 11.7. The van der Waals surface area contributed by atoms with E-state index in [1.54, 1.807) is 4.90 Å². The van der Waals surface area contributed by atoms with Crippen LogP contribution in [0.2, 0.25) is 0 Å². The smallest absolute Gasteiger partial charge is 0.426 e. The quantitative estimate of drug-likeness (QED) is 0.634. The van der Waals surface area contributed by atoms with Gasteiger partial charge in [0, 0.05) is 24.9 Å². The molecular formula is C18H27BN2O4. The number of benzene rings is 1. The number of likely N-dealkylation sites (tertiary alicyclic amines) is 1. The molecular weight excluding hydrogens is 319 g/mol. The topological polar surface area (TPSA) is 89.9 Å². The third kappa shape index (κ3) is 5.31. The van der Waals surface area contributed by atoms with Gasteiger partial charge in [-0.25, -0.2) is 0 Å². The lowest BCUT2D eigenvalue weighted by atomic mass is 9.76. The Bertz CT molecular complexity index is 616. The van der Waals surface area contributed by atoms with Crippen molar-refractivity contribution in [3.63, 3.8) is 0 Å². The molecule has 1 saturated heterocycles. The van der Waals surface area contributed by atoms with Gasteiger partial charge >= 0.3 is 7.12 Å². The Morgan fingerprint density at radius 2 is 1.96 bits per heavy atom. The number of carbonyl (C=O) groups is 2. The average molecular weight is 346 g/mol. The van der Waals surface area contributed by atoms with Gasteiger partial charge in [-0.05, 0) is 25.3 Å². The fraction of sp³-hybridized carbons (Fsp3) is 0.556. The second-order valence-electron chi connectivity index (χ2n) is 7.45. The maximum atomic E-state index is 12.2. The molecule has 6 nitrogen and oxygen atoms in total. The van der Waals surface area contributed by atoms with Gasteiger partial charge in [-0.15, -0.1) is 0 Å². The van der Waals surface area contributed by atoms with E-state index >= 15 is 0 Å². The summed E-state index contributed by atoms with van der Waals surface area (Å²) in [5.41, 5.74) is 1.68. The van der Waals surface area contributed by atoms with Crippen molar-refractivity contribution in [3.05, 3.63) is 35.4 Å². The molecule has 1 atom stereocenters. The lowest BCUT2D eigenvalue weighted by Crippen LogP contribution is -2.48. The van der Waals surface area contributed by atoms with Gasteiger partial charge in [0.15, 0.2) is 0 Å². The molecule has 136 valence electrons. The first-order valence-electron chi connectivity index (χ1n) is 8.69. The lowest BCUT2D eigenvalue weighted by molar-refractivity contribution is -0.135. The summed E-state index contributed by atoms with van der Waals surface area (Å²) in [6.45, 7) is 6.82. The van der Waals surface area contributed by atoms with Gasteiger partial charge in [-0.2, -0.15) is 0 Å². The number of nitrogens with zero attached hydrogens (tertiary/aromatic N) is 1. The molecule has 0 bridgehead atoms. The zero-order chi connectivity index (χ0) is 18.6. The summed E-state index contributed by atoms with van der Waals surface area (Å²) in [6, 6.07) is 7.70. The minimum atomic E-state index is -1.64. The predicted octanol–water partition coefficient (Wildman–Crippen LogP) is 0.683. The van der Waals surface area contributed by atoms with Gasteiger partial charge in [0.1, 0.15) is 0 Å². The molecule has 3 N–H and O–H groups in total. The molecule has 0 aliphatic carbocycles. The third-order valence-corrected chi connectivity index (χ3v) is 4.76. The molecule has 1 aliphatic rings. The molecule has 1 aromatic carbocycles. The fourth-order valence-electron chi connectivity index (χ4n) is 2.99. The van der Waals surface area contributed by atoms with Crippen molar-refractivity contribution in [3.8, 4) is 0 Å². The van der Waals surface area contributed by atoms with Crippen molar-refractivity contribution in [1.82, 2.24) is 10.2 Å². The molecule has 25 heavy (non-hydrogen) atoms. The molecule has 2 rings (SSSR count). The van der Waals surface area contributed by atoms with Crippen LogP contribution in [0.5, 0.6) is 0 Å². The van der Waals surface area contributed by atoms with E-state index in [0.29, 0.717) is 19.5 Å². The molecule has 1 heterocycles. The van der Waals surface area contributed by atoms with Crippen LogP contribution in [-0.4, -0.2) is 52.9 Å². The second kappa shape index (κ2) is 8.02. The van der Waals surface area contributed by atoms with Crippen molar-refractivity contribution < 1.29 is 19.6 Å². The molecule has 1 aromatic rings. The lowest BCUT2D eigenvalue weighted by Gasteiger charge is -2.21. The largest absolute Gasteiger partial charge is 0.475 e.